The molecule has 0 unspecified atom stereocenters. The molecule has 3 heterocycles. The number of carbonyl (C=O) groups excluding carboxylic acids is 5. The molecule has 0 aromatic heterocycles. The average molecular weight is 557 g/mol. The minimum absolute atomic E-state index is 0.108. The van der Waals surface area contributed by atoms with Gasteiger partial charge in [0, 0.05) is 31.6 Å². The number of hydrogen-bond donors (Lipinski definition) is 2. The number of nitrogens with zero attached hydrogens (tertiary/aromatic N) is 4. The number of hydrogen-bond acceptors (Lipinski definition) is 8. The molecule has 3 saturated heterocycles. The summed E-state index contributed by atoms with van der Waals surface area (Å²) in [6, 6.07) is -1.17. The molecule has 6 aliphatic rings. The first-order chi connectivity index (χ1) is 19.1. The third-order valence-corrected chi connectivity index (χ3v) is 10.3. The van der Waals surface area contributed by atoms with Crippen LogP contribution < -0.4 is 11.5 Å². The van der Waals surface area contributed by atoms with Crippen LogP contribution in [0.25, 0.3) is 0 Å². The minimum atomic E-state index is -0.805. The van der Waals surface area contributed by atoms with Crippen molar-refractivity contribution in [2.24, 2.45) is 28.7 Å². The van der Waals surface area contributed by atoms with E-state index in [1.54, 1.807) is 4.90 Å². The third-order valence-electron chi connectivity index (χ3n) is 10.3. The molecule has 12 heteroatoms. The number of imide groups is 3. The normalized spacial score (nSPS) is 33.6. The SMILES string of the molecule is CCN1C(=O)N(CC2COC2)C2(CC3(CCC(N4C(=O)C(=C(N)N)C(=O)N(CC5CCCC5)C4=O)CC3)C2)C1=O. The van der Waals surface area contributed by atoms with E-state index in [0.29, 0.717) is 52.0 Å². The van der Waals surface area contributed by atoms with Crippen LogP contribution in [0.1, 0.15) is 71.1 Å². The molecular formula is C28H40N6O6. The zero-order chi connectivity index (χ0) is 28.4. The summed E-state index contributed by atoms with van der Waals surface area (Å²) in [5.74, 6) is -1.42. The lowest BCUT2D eigenvalue weighted by Gasteiger charge is -2.59. The van der Waals surface area contributed by atoms with Gasteiger partial charge in [0.2, 0.25) is 0 Å². The first kappa shape index (κ1) is 27.0. The van der Waals surface area contributed by atoms with E-state index in [1.807, 2.05) is 6.92 Å². The molecule has 0 radical (unpaired) electrons. The predicted molar refractivity (Wildman–Crippen MR) is 142 cm³/mol. The molecule has 3 aliphatic carbocycles. The maximum Gasteiger partial charge on any atom is 0.334 e. The predicted octanol–water partition coefficient (Wildman–Crippen LogP) is 1.49. The van der Waals surface area contributed by atoms with E-state index in [2.05, 4.69) is 0 Å². The van der Waals surface area contributed by atoms with Crippen molar-refractivity contribution in [3.05, 3.63) is 11.4 Å². The van der Waals surface area contributed by atoms with Gasteiger partial charge in [0.05, 0.1) is 13.2 Å². The second-order valence-electron chi connectivity index (χ2n) is 12.8. The molecule has 3 aliphatic heterocycles. The van der Waals surface area contributed by atoms with E-state index in [9.17, 15) is 24.0 Å². The van der Waals surface area contributed by atoms with Gasteiger partial charge in [0.15, 0.2) is 0 Å². The summed E-state index contributed by atoms with van der Waals surface area (Å²) in [7, 11) is 0. The topological polar surface area (TPSA) is 160 Å². The quantitative estimate of drug-likeness (QED) is 0.283. The van der Waals surface area contributed by atoms with Crippen molar-refractivity contribution in [3.8, 4) is 0 Å². The third kappa shape index (κ3) is 4.01. The maximum atomic E-state index is 13.6. The van der Waals surface area contributed by atoms with Crippen molar-refractivity contribution >= 4 is 29.8 Å². The van der Waals surface area contributed by atoms with E-state index in [0.717, 1.165) is 38.5 Å². The van der Waals surface area contributed by atoms with Crippen LogP contribution >= 0.6 is 0 Å². The second-order valence-corrected chi connectivity index (χ2v) is 12.8. The Morgan fingerprint density at radius 1 is 0.850 bits per heavy atom. The molecule has 7 amide bonds. The number of nitrogens with two attached hydrogens (primary N) is 2. The van der Waals surface area contributed by atoms with Crippen LogP contribution in [0.4, 0.5) is 9.59 Å². The standard InChI is InChI=1S/C28H40N6O6/c1-2-31-24(37)28(33(25(31)38)12-18-13-40-14-18)15-27(16-28)9-7-19(8-10-27)34-23(36)20(21(29)30)22(35)32(26(34)39)11-17-5-3-4-6-17/h17-19H,2-16,29-30H2,1H3. The molecule has 0 bridgehead atoms. The Bertz CT molecular complexity index is 1150. The molecule has 218 valence electrons. The van der Waals surface area contributed by atoms with E-state index < -0.39 is 23.4 Å². The van der Waals surface area contributed by atoms with Gasteiger partial charge in [-0.2, -0.15) is 0 Å². The summed E-state index contributed by atoms with van der Waals surface area (Å²) in [5.41, 5.74) is 10.3. The zero-order valence-electron chi connectivity index (χ0n) is 23.2. The average Bonchev–Trinajstić information content (AvgIpc) is 3.45. The van der Waals surface area contributed by atoms with Gasteiger partial charge in [-0.05, 0) is 69.6 Å². The van der Waals surface area contributed by atoms with Crippen LogP contribution in [-0.4, -0.2) is 93.8 Å². The Kier molecular flexibility index (Phi) is 6.59. The van der Waals surface area contributed by atoms with E-state index in [1.165, 1.54) is 14.7 Å². The molecule has 4 N–H and O–H groups in total. The smallest absolute Gasteiger partial charge is 0.334 e. The lowest BCUT2D eigenvalue weighted by Crippen LogP contribution is -2.66. The molecule has 12 nitrogen and oxygen atoms in total. The van der Waals surface area contributed by atoms with Gasteiger partial charge < -0.3 is 21.1 Å². The van der Waals surface area contributed by atoms with Crippen LogP contribution in [0.15, 0.2) is 11.4 Å². The van der Waals surface area contributed by atoms with Crippen molar-refractivity contribution in [3.63, 3.8) is 0 Å². The molecule has 6 rings (SSSR count). The number of ether oxygens (including phenoxy) is 1. The van der Waals surface area contributed by atoms with Crippen molar-refractivity contribution in [2.45, 2.75) is 82.7 Å². The molecule has 0 aromatic rings. The molecular weight excluding hydrogens is 516 g/mol. The van der Waals surface area contributed by atoms with E-state index >= 15 is 0 Å². The fraction of sp³-hybridized carbons (Fsp3) is 0.750. The number of urea groups is 2. The summed E-state index contributed by atoms with van der Waals surface area (Å²) >= 11 is 0. The number of rotatable bonds is 6. The number of carbonyl (C=O) groups is 5. The van der Waals surface area contributed by atoms with Crippen molar-refractivity contribution in [2.75, 3.05) is 32.8 Å². The largest absolute Gasteiger partial charge is 0.385 e. The van der Waals surface area contributed by atoms with Crippen molar-refractivity contribution in [1.82, 2.24) is 19.6 Å². The monoisotopic (exact) mass is 556 g/mol. The molecule has 3 saturated carbocycles. The van der Waals surface area contributed by atoms with Crippen LogP contribution in [-0.2, 0) is 19.1 Å². The maximum absolute atomic E-state index is 13.6. The summed E-state index contributed by atoms with van der Waals surface area (Å²) < 4.78 is 5.31. The lowest BCUT2D eigenvalue weighted by atomic mass is 9.51. The molecule has 0 aromatic carbocycles. The molecule has 2 spiro atoms. The zero-order valence-corrected chi connectivity index (χ0v) is 23.2. The van der Waals surface area contributed by atoms with Crippen LogP contribution in [0.5, 0.6) is 0 Å². The molecule has 6 fully saturated rings. The fourth-order valence-electron chi connectivity index (χ4n) is 8.15. The van der Waals surface area contributed by atoms with Crippen molar-refractivity contribution in [1.29, 1.82) is 0 Å². The Hall–Kier alpha value is -3.15. The highest BCUT2D eigenvalue weighted by Gasteiger charge is 2.68. The highest BCUT2D eigenvalue weighted by molar-refractivity contribution is 6.29. The highest BCUT2D eigenvalue weighted by atomic mass is 16.5. The second kappa shape index (κ2) is 9.74. The Balaban J connectivity index is 1.17. The summed E-state index contributed by atoms with van der Waals surface area (Å²) in [6.07, 6.45) is 7.76. The van der Waals surface area contributed by atoms with E-state index in [-0.39, 0.29) is 53.2 Å². The van der Waals surface area contributed by atoms with Gasteiger partial charge in [-0.1, -0.05) is 12.8 Å². The lowest BCUT2D eigenvalue weighted by molar-refractivity contribution is -0.153. The van der Waals surface area contributed by atoms with Gasteiger partial charge in [-0.25, -0.2) is 9.59 Å². The summed E-state index contributed by atoms with van der Waals surface area (Å²) in [6.45, 7) is 4.18. The van der Waals surface area contributed by atoms with Crippen LogP contribution in [0.2, 0.25) is 0 Å². The summed E-state index contributed by atoms with van der Waals surface area (Å²) in [4.78, 5) is 72.2. The Morgan fingerprint density at radius 2 is 1.50 bits per heavy atom. The van der Waals surface area contributed by atoms with Gasteiger partial charge in [0.1, 0.15) is 16.9 Å². The Labute approximate surface area is 234 Å². The minimum Gasteiger partial charge on any atom is -0.385 e. The van der Waals surface area contributed by atoms with E-state index in [4.69, 9.17) is 16.2 Å². The van der Waals surface area contributed by atoms with Crippen molar-refractivity contribution < 1.29 is 28.7 Å². The van der Waals surface area contributed by atoms with Gasteiger partial charge >= 0.3 is 12.1 Å². The molecule has 40 heavy (non-hydrogen) atoms. The summed E-state index contributed by atoms with van der Waals surface area (Å²) in [5, 5.41) is 0. The Morgan fingerprint density at radius 3 is 2.05 bits per heavy atom. The van der Waals surface area contributed by atoms with Crippen LogP contribution in [0, 0.1) is 17.3 Å². The molecule has 0 atom stereocenters. The number of barbiturate groups is 1. The number of amides is 7. The van der Waals surface area contributed by atoms with Gasteiger partial charge in [-0.15, -0.1) is 0 Å². The fourth-order valence-corrected chi connectivity index (χ4v) is 8.15. The first-order valence-electron chi connectivity index (χ1n) is 14.8. The van der Waals surface area contributed by atoms with Gasteiger partial charge in [0.25, 0.3) is 17.7 Å². The van der Waals surface area contributed by atoms with Crippen LogP contribution in [0.3, 0.4) is 0 Å². The number of likely N-dealkylation sites (N-methyl/N-ethyl adjacent to an activating group) is 1. The first-order valence-corrected chi connectivity index (χ1v) is 14.8. The highest BCUT2D eigenvalue weighted by Crippen LogP contribution is 2.61. The van der Waals surface area contributed by atoms with Gasteiger partial charge in [-0.3, -0.25) is 29.1 Å².